The molecule has 0 aromatic heterocycles. The van der Waals surface area contributed by atoms with Crippen LogP contribution in [0.15, 0.2) is 224 Å². The van der Waals surface area contributed by atoms with Gasteiger partial charge in [0, 0.05) is 27.9 Å². The van der Waals surface area contributed by atoms with Gasteiger partial charge in [0.1, 0.15) is 0 Å². The van der Waals surface area contributed by atoms with Crippen molar-refractivity contribution in [3.8, 4) is 66.8 Å². The molecule has 0 bridgehead atoms. The molecule has 0 atom stereocenters. The lowest BCUT2D eigenvalue weighted by Gasteiger charge is -2.33. The third-order valence-corrected chi connectivity index (χ3v) is 16.3. The van der Waals surface area contributed by atoms with E-state index >= 15 is 0 Å². The number of fused-ring (bicyclic) bond motifs is 16. The Kier molecular flexibility index (Phi) is 8.08. The smallest absolute Gasteiger partial charge is 0.0726 e. The van der Waals surface area contributed by atoms with Gasteiger partial charge in [-0.25, -0.2) is 0 Å². The first-order chi connectivity index (χ1) is 33.3. The second-order valence-electron chi connectivity index (χ2n) is 20.4. The second-order valence-corrected chi connectivity index (χ2v) is 20.4. The topological polar surface area (TPSA) is 3.24 Å². The first-order valence-corrected chi connectivity index (χ1v) is 24.2. The molecule has 1 spiro atoms. The minimum Gasteiger partial charge on any atom is -0.310 e. The summed E-state index contributed by atoms with van der Waals surface area (Å²) in [6, 6.07) is 84.9. The molecule has 4 aliphatic carbocycles. The molecule has 0 aliphatic heterocycles. The molecule has 0 heterocycles. The van der Waals surface area contributed by atoms with E-state index in [0.29, 0.717) is 0 Å². The normalized spacial score (nSPS) is 15.1. The average Bonchev–Trinajstić information content (AvgIpc) is 4.01. The lowest BCUT2D eigenvalue weighted by molar-refractivity contribution is 0.657. The summed E-state index contributed by atoms with van der Waals surface area (Å²) in [7, 11) is 0. The van der Waals surface area contributed by atoms with Crippen molar-refractivity contribution >= 4 is 17.1 Å². The molecule has 4 aliphatic rings. The van der Waals surface area contributed by atoms with Gasteiger partial charge >= 0.3 is 0 Å². The molecule has 0 N–H and O–H groups in total. The molecule has 68 heavy (non-hydrogen) atoms. The number of rotatable bonds is 5. The number of hydrogen-bond acceptors (Lipinski definition) is 1. The molecule has 10 aromatic carbocycles. The Bertz CT molecular complexity index is 3680. The molecule has 0 unspecified atom stereocenters. The summed E-state index contributed by atoms with van der Waals surface area (Å²) >= 11 is 0. The van der Waals surface area contributed by atoms with E-state index in [0.717, 1.165) is 17.1 Å². The summed E-state index contributed by atoms with van der Waals surface area (Å²) in [5, 5.41) is 0. The van der Waals surface area contributed by atoms with Crippen LogP contribution in [0.25, 0.3) is 66.8 Å². The standard InChI is InChI=1S/C67H49N/c1-65(2)54-27-15-11-23-48(54)51-37-35-46(39-58(51)65)68(45-33-31-43(32-34-45)42-19-7-5-8-20-42)47-36-38-53-59(40-47)67(56-29-17-12-24-49(56)50-25-13-18-30-57(50)67)61-41-60-63(52-26-14-16-28-55(52)66(60,3)4)62(64(53)61)44-21-9-6-10-22-44/h5-41H,1-4H3. The van der Waals surface area contributed by atoms with E-state index in [1.54, 1.807) is 0 Å². The van der Waals surface area contributed by atoms with Crippen LogP contribution in [0, 0.1) is 0 Å². The maximum atomic E-state index is 2.63. The highest BCUT2D eigenvalue weighted by molar-refractivity contribution is 6.07. The van der Waals surface area contributed by atoms with Gasteiger partial charge < -0.3 is 4.90 Å². The monoisotopic (exact) mass is 867 g/mol. The number of anilines is 3. The van der Waals surface area contributed by atoms with Crippen molar-refractivity contribution in [2.24, 2.45) is 0 Å². The molecule has 1 nitrogen and oxygen atoms in total. The summed E-state index contributed by atoms with van der Waals surface area (Å²) in [5.74, 6) is 0. The van der Waals surface area contributed by atoms with Crippen molar-refractivity contribution in [1.29, 1.82) is 0 Å². The lowest BCUT2D eigenvalue weighted by atomic mass is 9.69. The van der Waals surface area contributed by atoms with E-state index in [9.17, 15) is 0 Å². The number of benzene rings is 10. The highest BCUT2D eigenvalue weighted by atomic mass is 15.1. The molecule has 0 radical (unpaired) electrons. The van der Waals surface area contributed by atoms with Gasteiger partial charge in [0.25, 0.3) is 0 Å². The average molecular weight is 868 g/mol. The van der Waals surface area contributed by atoms with E-state index in [2.05, 4.69) is 257 Å². The molecule has 0 amide bonds. The molecule has 10 aromatic rings. The Labute approximate surface area is 399 Å². The van der Waals surface area contributed by atoms with Crippen molar-refractivity contribution in [1.82, 2.24) is 0 Å². The maximum absolute atomic E-state index is 2.63. The van der Waals surface area contributed by atoms with Gasteiger partial charge in [-0.3, -0.25) is 0 Å². The fraction of sp³-hybridized carbons (Fsp3) is 0.104. The molecular weight excluding hydrogens is 819 g/mol. The fourth-order valence-electron chi connectivity index (χ4n) is 13.2. The van der Waals surface area contributed by atoms with Crippen molar-refractivity contribution in [3.63, 3.8) is 0 Å². The Morgan fingerprint density at radius 3 is 1.26 bits per heavy atom. The van der Waals surface area contributed by atoms with Crippen LogP contribution in [0.3, 0.4) is 0 Å². The van der Waals surface area contributed by atoms with Gasteiger partial charge in [-0.2, -0.15) is 0 Å². The summed E-state index contributed by atoms with van der Waals surface area (Å²) in [5.41, 5.74) is 29.0. The van der Waals surface area contributed by atoms with E-state index in [-0.39, 0.29) is 10.8 Å². The Hall–Kier alpha value is -8.00. The van der Waals surface area contributed by atoms with Crippen LogP contribution >= 0.6 is 0 Å². The number of hydrogen-bond donors (Lipinski definition) is 0. The van der Waals surface area contributed by atoms with Crippen LogP contribution in [0.5, 0.6) is 0 Å². The van der Waals surface area contributed by atoms with E-state index in [1.807, 2.05) is 0 Å². The van der Waals surface area contributed by atoms with Gasteiger partial charge in [-0.15, -0.1) is 0 Å². The van der Waals surface area contributed by atoms with Crippen molar-refractivity contribution in [2.45, 2.75) is 43.9 Å². The molecular formula is C67H49N. The third kappa shape index (κ3) is 5.11. The number of nitrogens with zero attached hydrogens (tertiary/aromatic N) is 1. The van der Waals surface area contributed by atoms with Crippen LogP contribution in [-0.2, 0) is 16.2 Å². The fourth-order valence-corrected chi connectivity index (χ4v) is 13.2. The van der Waals surface area contributed by atoms with Crippen LogP contribution in [-0.4, -0.2) is 0 Å². The Morgan fingerprint density at radius 1 is 0.250 bits per heavy atom. The molecule has 0 fully saturated rings. The van der Waals surface area contributed by atoms with Crippen molar-refractivity contribution in [2.75, 3.05) is 4.90 Å². The quantitative estimate of drug-likeness (QED) is 0.167. The summed E-state index contributed by atoms with van der Waals surface area (Å²) in [4.78, 5) is 2.51. The largest absolute Gasteiger partial charge is 0.310 e. The molecule has 1 heteroatoms. The van der Waals surface area contributed by atoms with Gasteiger partial charge in [-0.1, -0.05) is 216 Å². The van der Waals surface area contributed by atoms with Crippen LogP contribution in [0.4, 0.5) is 17.1 Å². The molecule has 0 saturated heterocycles. The predicted molar refractivity (Wildman–Crippen MR) is 283 cm³/mol. The SMILES string of the molecule is CC1(C)c2ccccc2-c2ccc(N(c3ccc(-c4ccccc4)cc3)c3ccc4c(c3)C3(c5ccccc5-c5ccccc53)c3cc5c(c(-c6ccccc6)c3-4)-c3ccccc3C5(C)C)cc21. The first-order valence-electron chi connectivity index (χ1n) is 24.2. The van der Waals surface area contributed by atoms with E-state index < -0.39 is 5.41 Å². The zero-order valence-electron chi connectivity index (χ0n) is 38.8. The van der Waals surface area contributed by atoms with Crippen LogP contribution in [0.1, 0.15) is 72.2 Å². The summed E-state index contributed by atoms with van der Waals surface area (Å²) in [6.45, 7) is 9.62. The highest BCUT2D eigenvalue weighted by Gasteiger charge is 2.54. The molecule has 322 valence electrons. The van der Waals surface area contributed by atoms with Gasteiger partial charge in [0.05, 0.1) is 5.41 Å². The minimum atomic E-state index is -0.568. The summed E-state index contributed by atoms with van der Waals surface area (Å²) < 4.78 is 0. The first kappa shape index (κ1) is 39.2. The Balaban J connectivity index is 1.07. The highest BCUT2D eigenvalue weighted by Crippen LogP contribution is 2.68. The van der Waals surface area contributed by atoms with Crippen molar-refractivity contribution in [3.05, 3.63) is 269 Å². The third-order valence-electron chi connectivity index (χ3n) is 16.3. The Morgan fingerprint density at radius 2 is 0.647 bits per heavy atom. The van der Waals surface area contributed by atoms with E-state index in [4.69, 9.17) is 0 Å². The predicted octanol–water partition coefficient (Wildman–Crippen LogP) is 17.4. The second kappa shape index (κ2) is 14.0. The van der Waals surface area contributed by atoms with Gasteiger partial charge in [-0.05, 0) is 148 Å². The van der Waals surface area contributed by atoms with Gasteiger partial charge in [0.2, 0.25) is 0 Å². The maximum Gasteiger partial charge on any atom is 0.0726 e. The zero-order chi connectivity index (χ0) is 45.5. The van der Waals surface area contributed by atoms with E-state index in [1.165, 1.54) is 111 Å². The van der Waals surface area contributed by atoms with Crippen molar-refractivity contribution < 1.29 is 0 Å². The van der Waals surface area contributed by atoms with Crippen LogP contribution < -0.4 is 4.90 Å². The zero-order valence-corrected chi connectivity index (χ0v) is 38.8. The molecule has 14 rings (SSSR count). The minimum absolute atomic E-state index is 0.147. The lowest BCUT2D eigenvalue weighted by Crippen LogP contribution is -2.27. The van der Waals surface area contributed by atoms with Gasteiger partial charge in [0.15, 0.2) is 0 Å². The summed E-state index contributed by atoms with van der Waals surface area (Å²) in [6.07, 6.45) is 0. The molecule has 0 saturated carbocycles. The van der Waals surface area contributed by atoms with Crippen LogP contribution in [0.2, 0.25) is 0 Å².